The zero-order valence-corrected chi connectivity index (χ0v) is 27.6. The molecule has 0 aliphatic carbocycles. The van der Waals surface area contributed by atoms with E-state index in [-0.39, 0.29) is 38.3 Å². The Labute approximate surface area is 276 Å². The third kappa shape index (κ3) is 18.0. The van der Waals surface area contributed by atoms with Crippen molar-refractivity contribution < 1.29 is 28.8 Å². The maximum atomic E-state index is 13.5. The van der Waals surface area contributed by atoms with Crippen molar-refractivity contribution >= 4 is 47.6 Å². The fourth-order valence-electron chi connectivity index (χ4n) is 4.79. The van der Waals surface area contributed by atoms with Crippen LogP contribution < -0.4 is 49.5 Å². The molecular formula is C30H55N11O6. The average Bonchev–Trinajstić information content (AvgIpc) is 3.03. The fourth-order valence-corrected chi connectivity index (χ4v) is 4.79. The summed E-state index contributed by atoms with van der Waals surface area (Å²) < 4.78 is 0. The van der Waals surface area contributed by atoms with E-state index in [1.807, 2.05) is 6.92 Å². The molecule has 47 heavy (non-hydrogen) atoms. The number of carbonyl (C=O) groups excluding carboxylic acids is 6. The van der Waals surface area contributed by atoms with E-state index in [1.165, 1.54) is 0 Å². The Balaban J connectivity index is 3.29. The van der Waals surface area contributed by atoms with Crippen LogP contribution in [-0.2, 0) is 28.8 Å². The van der Waals surface area contributed by atoms with Gasteiger partial charge in [-0.15, -0.1) is 0 Å². The summed E-state index contributed by atoms with van der Waals surface area (Å²) in [5, 5.41) is 13.6. The fraction of sp³-hybridized carbons (Fsp3) is 0.733. The Morgan fingerprint density at radius 2 is 1.34 bits per heavy atom. The van der Waals surface area contributed by atoms with E-state index in [4.69, 9.17) is 22.9 Å². The molecule has 0 saturated heterocycles. The van der Waals surface area contributed by atoms with Crippen molar-refractivity contribution in [2.24, 2.45) is 32.9 Å². The van der Waals surface area contributed by atoms with Gasteiger partial charge < -0.3 is 49.5 Å². The Kier molecular flexibility index (Phi) is 21.0. The van der Waals surface area contributed by atoms with Gasteiger partial charge in [-0.3, -0.25) is 28.8 Å². The Morgan fingerprint density at radius 3 is 1.91 bits per heavy atom. The van der Waals surface area contributed by atoms with Crippen LogP contribution in [0.5, 0.6) is 0 Å². The number of guanidine groups is 1. The molecule has 17 heteroatoms. The SMILES string of the molecule is CCCC[C@H]1NC(=O)CCNC(=O)C=NC(=O)[C@H](N=C(N)N)CCCCNC(=O)[C@H](CCCCN)NC(=O)[C@H](CCCCN)NC1=O. The van der Waals surface area contributed by atoms with Gasteiger partial charge in [0.2, 0.25) is 23.6 Å². The monoisotopic (exact) mass is 665 g/mol. The molecule has 1 heterocycles. The number of unbranched alkanes of at least 4 members (excludes halogenated alkanes) is 3. The van der Waals surface area contributed by atoms with E-state index in [0.29, 0.717) is 70.9 Å². The Morgan fingerprint density at radius 1 is 0.766 bits per heavy atom. The zero-order chi connectivity index (χ0) is 35.0. The molecule has 4 atom stereocenters. The van der Waals surface area contributed by atoms with Crippen LogP contribution in [0.3, 0.4) is 0 Å². The molecule has 1 aliphatic heterocycles. The van der Waals surface area contributed by atoms with Crippen LogP contribution in [0.1, 0.15) is 90.4 Å². The van der Waals surface area contributed by atoms with Gasteiger partial charge in [0, 0.05) is 19.5 Å². The van der Waals surface area contributed by atoms with Crippen LogP contribution in [0, 0.1) is 0 Å². The zero-order valence-electron chi connectivity index (χ0n) is 27.6. The van der Waals surface area contributed by atoms with Gasteiger partial charge in [0.1, 0.15) is 24.2 Å². The van der Waals surface area contributed by atoms with E-state index in [0.717, 1.165) is 12.6 Å². The number of aliphatic imine (C=N–C) groups is 2. The molecule has 0 fully saturated rings. The second-order valence-electron chi connectivity index (χ2n) is 11.4. The maximum absolute atomic E-state index is 13.5. The van der Waals surface area contributed by atoms with Gasteiger partial charge in [-0.05, 0) is 77.3 Å². The Bertz CT molecular complexity index is 1080. The predicted molar refractivity (Wildman–Crippen MR) is 179 cm³/mol. The van der Waals surface area contributed by atoms with Gasteiger partial charge in [-0.25, -0.2) is 9.98 Å². The number of nitrogens with zero attached hydrogens (tertiary/aromatic N) is 2. The molecule has 0 radical (unpaired) electrons. The van der Waals surface area contributed by atoms with E-state index in [1.54, 1.807) is 0 Å². The van der Waals surface area contributed by atoms with Gasteiger partial charge >= 0.3 is 0 Å². The van der Waals surface area contributed by atoms with Crippen molar-refractivity contribution in [3.05, 3.63) is 0 Å². The molecule has 1 rings (SSSR count). The summed E-state index contributed by atoms with van der Waals surface area (Å²) in [6, 6.07) is -3.81. The summed E-state index contributed by atoms with van der Waals surface area (Å²) in [4.78, 5) is 85.3. The Hall–Kier alpha value is -4.12. The first-order valence-electron chi connectivity index (χ1n) is 16.5. The van der Waals surface area contributed by atoms with Crippen LogP contribution in [0.15, 0.2) is 9.98 Å². The molecule has 17 nitrogen and oxygen atoms in total. The number of rotatable bonds is 12. The lowest BCUT2D eigenvalue weighted by atomic mass is 10.0. The molecule has 0 aromatic heterocycles. The van der Waals surface area contributed by atoms with E-state index in [9.17, 15) is 28.8 Å². The minimum absolute atomic E-state index is 0.0823. The first-order valence-corrected chi connectivity index (χ1v) is 16.5. The van der Waals surface area contributed by atoms with Crippen LogP contribution in [0.25, 0.3) is 0 Å². The normalized spacial score (nSPS) is 23.1. The van der Waals surface area contributed by atoms with Crippen LogP contribution >= 0.6 is 0 Å². The molecule has 0 bridgehead atoms. The summed E-state index contributed by atoms with van der Waals surface area (Å²) in [5.41, 5.74) is 22.3. The van der Waals surface area contributed by atoms with Crippen LogP contribution in [-0.4, -0.2) is 98.0 Å². The second-order valence-corrected chi connectivity index (χ2v) is 11.4. The number of hydrogen-bond acceptors (Lipinski definition) is 9. The molecule has 13 N–H and O–H groups in total. The lowest BCUT2D eigenvalue weighted by Crippen LogP contribution is -2.56. The summed E-state index contributed by atoms with van der Waals surface area (Å²) in [7, 11) is 0. The summed E-state index contributed by atoms with van der Waals surface area (Å²) in [6.07, 6.45) is 6.49. The highest BCUT2D eigenvalue weighted by Gasteiger charge is 2.29. The number of hydrogen-bond donors (Lipinski definition) is 9. The lowest BCUT2D eigenvalue weighted by molar-refractivity contribution is -0.134. The lowest BCUT2D eigenvalue weighted by Gasteiger charge is -2.25. The van der Waals surface area contributed by atoms with Crippen LogP contribution in [0.4, 0.5) is 0 Å². The molecule has 0 spiro atoms. The maximum Gasteiger partial charge on any atom is 0.270 e. The van der Waals surface area contributed by atoms with Crippen molar-refractivity contribution in [2.45, 2.75) is 115 Å². The summed E-state index contributed by atoms with van der Waals surface area (Å²) in [6.45, 7) is 2.94. The first-order chi connectivity index (χ1) is 22.5. The minimum atomic E-state index is -1.03. The molecule has 0 unspecified atom stereocenters. The van der Waals surface area contributed by atoms with Crippen LogP contribution in [0.2, 0.25) is 0 Å². The third-order valence-corrected chi connectivity index (χ3v) is 7.41. The van der Waals surface area contributed by atoms with E-state index in [2.05, 4.69) is 36.6 Å². The molecule has 1 aliphatic rings. The van der Waals surface area contributed by atoms with Crippen molar-refractivity contribution in [2.75, 3.05) is 26.2 Å². The van der Waals surface area contributed by atoms with Gasteiger partial charge in [-0.2, -0.15) is 0 Å². The number of nitrogens with one attached hydrogen (secondary N) is 5. The van der Waals surface area contributed by atoms with Gasteiger partial charge in [0.25, 0.3) is 11.8 Å². The highest BCUT2D eigenvalue weighted by atomic mass is 16.2. The molecule has 0 aromatic carbocycles. The number of carbonyl (C=O) groups is 6. The highest BCUT2D eigenvalue weighted by Crippen LogP contribution is 2.09. The standard InChI is InChI=1S/C30H55N11O6/c1-2-3-10-22-28(46)40-23(12-5-8-16-32)29(47)39-20(11-4-7-15-31)26(44)36-17-9-6-13-21(41-30(33)34)27(45)37-19-25(43)35-18-14-24(42)38-22/h19-23H,2-18,31-32H2,1H3,(H,35,43)(H,36,44)(H,38,42)(H,39,47)(H,40,46)(H4,33,34,41)/t20-,21+,22+,23-/m0/s1. The molecule has 0 saturated carbocycles. The van der Waals surface area contributed by atoms with Crippen molar-refractivity contribution in [3.8, 4) is 0 Å². The van der Waals surface area contributed by atoms with Crippen molar-refractivity contribution in [3.63, 3.8) is 0 Å². The first kappa shape index (κ1) is 40.9. The molecular weight excluding hydrogens is 610 g/mol. The van der Waals surface area contributed by atoms with Gasteiger partial charge in [-0.1, -0.05) is 19.8 Å². The molecule has 6 amide bonds. The molecule has 266 valence electrons. The quantitative estimate of drug-likeness (QED) is 0.0623. The third-order valence-electron chi connectivity index (χ3n) is 7.41. The number of amides is 6. The average molecular weight is 666 g/mol. The molecule has 0 aromatic rings. The summed E-state index contributed by atoms with van der Waals surface area (Å²) >= 11 is 0. The topological polar surface area (TPSA) is 291 Å². The number of nitrogens with two attached hydrogens (primary N) is 4. The largest absolute Gasteiger partial charge is 0.370 e. The smallest absolute Gasteiger partial charge is 0.270 e. The second kappa shape index (κ2) is 24.1. The van der Waals surface area contributed by atoms with Crippen molar-refractivity contribution in [1.29, 1.82) is 0 Å². The highest BCUT2D eigenvalue weighted by molar-refractivity contribution is 6.28. The van der Waals surface area contributed by atoms with Crippen molar-refractivity contribution in [1.82, 2.24) is 26.6 Å². The predicted octanol–water partition coefficient (Wildman–Crippen LogP) is -2.07. The van der Waals surface area contributed by atoms with E-state index < -0.39 is 59.6 Å². The van der Waals surface area contributed by atoms with Gasteiger partial charge in [0.05, 0.1) is 6.21 Å². The summed E-state index contributed by atoms with van der Waals surface area (Å²) in [5.74, 6) is -3.72. The minimum Gasteiger partial charge on any atom is -0.370 e. The van der Waals surface area contributed by atoms with Gasteiger partial charge in [0.15, 0.2) is 5.96 Å². The van der Waals surface area contributed by atoms with E-state index >= 15 is 0 Å².